The van der Waals surface area contributed by atoms with E-state index < -0.39 is 71.8 Å². The highest BCUT2D eigenvalue weighted by Gasteiger charge is 2.50. The number of rotatable bonds is 8. The Labute approximate surface area is 191 Å². The van der Waals surface area contributed by atoms with Gasteiger partial charge in [0.25, 0.3) is 5.56 Å². The van der Waals surface area contributed by atoms with Gasteiger partial charge in [-0.05, 0) is 12.1 Å². The summed E-state index contributed by atoms with van der Waals surface area (Å²) in [5.41, 5.74) is 4.53. The van der Waals surface area contributed by atoms with Gasteiger partial charge in [-0.15, -0.1) is 0 Å². The van der Waals surface area contributed by atoms with Crippen LogP contribution < -0.4 is 22.3 Å². The Kier molecular flexibility index (Phi) is 7.58. The number of aromatic nitrogens is 3. The zero-order valence-corrected chi connectivity index (χ0v) is 17.9. The van der Waals surface area contributed by atoms with Crippen LogP contribution >= 0.6 is 0 Å². The van der Waals surface area contributed by atoms with Gasteiger partial charge in [0.2, 0.25) is 5.91 Å². The van der Waals surface area contributed by atoms with Gasteiger partial charge in [0.05, 0.1) is 11.7 Å². The lowest BCUT2D eigenvalue weighted by molar-refractivity contribution is -0.149. The number of aliphatic carboxylic acids is 1. The summed E-state index contributed by atoms with van der Waals surface area (Å²) in [6, 6.07) is 2.54. The average Bonchev–Trinajstić information content (AvgIpc) is 3.10. The summed E-state index contributed by atoms with van der Waals surface area (Å²) in [6.45, 7) is 1.47. The number of aliphatic hydroxyl groups excluding tert-OH is 3. The summed E-state index contributed by atoms with van der Waals surface area (Å²) in [5.74, 6) is -3.45. The molecule has 0 saturated carbocycles. The van der Waals surface area contributed by atoms with Gasteiger partial charge >= 0.3 is 11.7 Å². The number of carboxylic acid groups (broad SMARTS) is 1. The van der Waals surface area contributed by atoms with Crippen LogP contribution in [0.25, 0.3) is 0 Å². The van der Waals surface area contributed by atoms with E-state index in [1.54, 1.807) is 12.1 Å². The number of hydrogen-bond donors (Lipinski definition) is 7. The number of amides is 1. The monoisotopic (exact) mass is 479 g/mol. The third kappa shape index (κ3) is 5.05. The lowest BCUT2D eigenvalue weighted by Crippen LogP contribution is -2.57. The fourth-order valence-corrected chi connectivity index (χ4v) is 3.61. The van der Waals surface area contributed by atoms with E-state index >= 15 is 0 Å². The van der Waals surface area contributed by atoms with Crippen molar-refractivity contribution in [1.82, 2.24) is 19.9 Å². The van der Waals surface area contributed by atoms with Crippen LogP contribution in [0, 0.1) is 5.92 Å². The molecule has 3 heterocycles. The molecule has 2 aromatic heterocycles. The first kappa shape index (κ1) is 25.2. The third-order valence-electron chi connectivity index (χ3n) is 5.65. The standard InChI is InChI=1S/C20H25N5O9/c1-8(13(27)9-4-2-3-6-22-9)11(21)17(30)24-12(19(31)32)16-14(28)15(29)18(34-16)25-7-5-10(26)23-20(25)33/h2-8,11-16,18,27-29H,21H2,1H3,(H,24,30)(H,31,32)(H,23,26,33)/t8-,11-,12-,13-,14+,15?,16+,18+/m0/s1. The van der Waals surface area contributed by atoms with E-state index in [1.165, 1.54) is 19.2 Å². The highest BCUT2D eigenvalue weighted by atomic mass is 16.6. The van der Waals surface area contributed by atoms with Gasteiger partial charge < -0.3 is 36.2 Å². The Hall–Kier alpha value is -3.43. The van der Waals surface area contributed by atoms with Gasteiger partial charge in [-0.2, -0.15) is 0 Å². The molecule has 1 aliphatic heterocycles. The number of ether oxygens (including phenoxy) is 1. The molecule has 1 aliphatic rings. The molecule has 1 saturated heterocycles. The number of aromatic amines is 1. The second-order valence-electron chi connectivity index (χ2n) is 7.90. The molecular weight excluding hydrogens is 454 g/mol. The van der Waals surface area contributed by atoms with Gasteiger partial charge in [-0.25, -0.2) is 9.59 Å². The Morgan fingerprint density at radius 1 is 1.24 bits per heavy atom. The quantitative estimate of drug-likeness (QED) is 0.199. The summed E-state index contributed by atoms with van der Waals surface area (Å²) in [4.78, 5) is 53.8. The summed E-state index contributed by atoms with van der Waals surface area (Å²) >= 11 is 0. The number of nitrogens with one attached hydrogen (secondary N) is 2. The molecule has 1 unspecified atom stereocenters. The number of carbonyl (C=O) groups excluding carboxylic acids is 1. The first-order chi connectivity index (χ1) is 16.0. The van der Waals surface area contributed by atoms with E-state index in [1.807, 2.05) is 4.98 Å². The molecule has 0 bridgehead atoms. The molecule has 2 aromatic rings. The second kappa shape index (κ2) is 10.2. The van der Waals surface area contributed by atoms with Crippen LogP contribution in [0.1, 0.15) is 24.9 Å². The summed E-state index contributed by atoms with van der Waals surface area (Å²) in [7, 11) is 0. The van der Waals surface area contributed by atoms with Crippen molar-refractivity contribution in [2.24, 2.45) is 11.7 Å². The van der Waals surface area contributed by atoms with Crippen molar-refractivity contribution >= 4 is 11.9 Å². The number of nitrogens with zero attached hydrogens (tertiary/aromatic N) is 2. The number of nitrogens with two attached hydrogens (primary N) is 1. The molecular formula is C20H25N5O9. The molecule has 14 heteroatoms. The zero-order chi connectivity index (χ0) is 25.2. The molecule has 34 heavy (non-hydrogen) atoms. The average molecular weight is 479 g/mol. The molecule has 0 aliphatic carbocycles. The van der Waals surface area contributed by atoms with Crippen molar-refractivity contribution in [3.8, 4) is 0 Å². The van der Waals surface area contributed by atoms with Gasteiger partial charge in [-0.3, -0.25) is 24.1 Å². The molecule has 0 aromatic carbocycles. The molecule has 14 nitrogen and oxygen atoms in total. The predicted octanol–water partition coefficient (Wildman–Crippen LogP) is -3.18. The van der Waals surface area contributed by atoms with Gasteiger partial charge in [0.1, 0.15) is 24.4 Å². The Bertz CT molecular complexity index is 1140. The summed E-state index contributed by atoms with van der Waals surface area (Å²) < 4.78 is 6.19. The minimum atomic E-state index is -1.87. The number of pyridine rings is 1. The number of carboxylic acids is 1. The van der Waals surface area contributed by atoms with Crippen LogP contribution in [0.2, 0.25) is 0 Å². The molecule has 184 valence electrons. The Morgan fingerprint density at radius 3 is 2.53 bits per heavy atom. The Balaban J connectivity index is 1.76. The molecule has 3 rings (SSSR count). The maximum atomic E-state index is 12.7. The van der Waals surface area contributed by atoms with Gasteiger partial charge in [-0.1, -0.05) is 13.0 Å². The van der Waals surface area contributed by atoms with Crippen molar-refractivity contribution in [3.05, 3.63) is 63.2 Å². The highest BCUT2D eigenvalue weighted by Crippen LogP contribution is 2.30. The van der Waals surface area contributed by atoms with Crippen LogP contribution in [-0.2, 0) is 14.3 Å². The maximum Gasteiger partial charge on any atom is 0.330 e. The van der Waals surface area contributed by atoms with Crippen molar-refractivity contribution in [1.29, 1.82) is 0 Å². The summed E-state index contributed by atoms with van der Waals surface area (Å²) in [5, 5.41) is 43.0. The van der Waals surface area contributed by atoms with Crippen LogP contribution in [0.5, 0.6) is 0 Å². The number of hydrogen-bond acceptors (Lipinski definition) is 10. The van der Waals surface area contributed by atoms with Crippen LogP contribution in [0.3, 0.4) is 0 Å². The van der Waals surface area contributed by atoms with E-state index in [9.17, 15) is 39.6 Å². The minimum Gasteiger partial charge on any atom is -0.480 e. The first-order valence-corrected chi connectivity index (χ1v) is 10.2. The van der Waals surface area contributed by atoms with E-state index in [2.05, 4.69) is 10.3 Å². The molecule has 1 amide bonds. The van der Waals surface area contributed by atoms with Gasteiger partial charge in [0, 0.05) is 24.4 Å². The number of H-pyrrole nitrogens is 1. The molecule has 8 N–H and O–H groups in total. The molecule has 0 radical (unpaired) electrons. The first-order valence-electron chi connectivity index (χ1n) is 10.2. The fourth-order valence-electron chi connectivity index (χ4n) is 3.61. The largest absolute Gasteiger partial charge is 0.480 e. The molecule has 1 fully saturated rings. The van der Waals surface area contributed by atoms with Crippen molar-refractivity contribution in [2.75, 3.05) is 0 Å². The molecule has 8 atom stereocenters. The van der Waals surface area contributed by atoms with E-state index in [0.29, 0.717) is 0 Å². The fraction of sp³-hybridized carbons (Fsp3) is 0.450. The van der Waals surface area contributed by atoms with Crippen molar-refractivity contribution in [2.45, 2.75) is 49.7 Å². The topological polar surface area (TPSA) is 230 Å². The van der Waals surface area contributed by atoms with E-state index in [0.717, 1.165) is 16.8 Å². The van der Waals surface area contributed by atoms with E-state index in [4.69, 9.17) is 10.5 Å². The minimum absolute atomic E-state index is 0.264. The van der Waals surface area contributed by atoms with Crippen LogP contribution in [-0.4, -0.2) is 77.2 Å². The SMILES string of the molecule is C[C@@H]([C@H](N)C(=O)N[C@H](C(=O)O)[C@H]1O[C@@H](n2ccc(=O)[nH]c2=O)C(O)[C@H]1O)[C@H](O)c1ccccn1. The van der Waals surface area contributed by atoms with Crippen LogP contribution in [0.4, 0.5) is 0 Å². The highest BCUT2D eigenvalue weighted by molar-refractivity contribution is 5.87. The second-order valence-corrected chi connectivity index (χ2v) is 7.90. The number of aliphatic hydroxyl groups is 3. The van der Waals surface area contributed by atoms with Crippen LogP contribution in [0.15, 0.2) is 46.2 Å². The maximum absolute atomic E-state index is 12.7. The van der Waals surface area contributed by atoms with Crippen molar-refractivity contribution in [3.63, 3.8) is 0 Å². The Morgan fingerprint density at radius 2 is 1.94 bits per heavy atom. The summed E-state index contributed by atoms with van der Waals surface area (Å²) in [6.07, 6.45) is -5.56. The third-order valence-corrected chi connectivity index (χ3v) is 5.65. The normalized spacial score (nSPS) is 25.8. The zero-order valence-electron chi connectivity index (χ0n) is 17.9. The van der Waals surface area contributed by atoms with Gasteiger partial charge in [0.15, 0.2) is 12.3 Å². The predicted molar refractivity (Wildman–Crippen MR) is 113 cm³/mol. The number of carbonyl (C=O) groups is 2. The lowest BCUT2D eigenvalue weighted by Gasteiger charge is -2.28. The molecule has 0 spiro atoms. The van der Waals surface area contributed by atoms with E-state index in [-0.39, 0.29) is 5.69 Å². The van der Waals surface area contributed by atoms with Crippen molar-refractivity contribution < 1.29 is 34.8 Å². The lowest BCUT2D eigenvalue weighted by atomic mass is 9.92. The smallest absolute Gasteiger partial charge is 0.330 e.